The first-order valence-corrected chi connectivity index (χ1v) is 13.3. The van der Waals surface area contributed by atoms with Gasteiger partial charge in [0.1, 0.15) is 0 Å². The topological polar surface area (TPSA) is 117 Å². The first-order chi connectivity index (χ1) is 17.5. The molecule has 3 N–H and O–H groups in total. The number of aromatic nitrogens is 4. The number of aliphatic hydroxyl groups is 2. The van der Waals surface area contributed by atoms with Crippen LogP contribution < -0.4 is 9.54 Å². The second-order valence-electron chi connectivity index (χ2n) is 8.41. The van der Waals surface area contributed by atoms with Crippen molar-refractivity contribution in [2.45, 2.75) is 50.2 Å². The van der Waals surface area contributed by atoms with Gasteiger partial charge in [0.2, 0.25) is 0 Å². The van der Waals surface area contributed by atoms with Gasteiger partial charge in [-0.3, -0.25) is 0 Å². The van der Waals surface area contributed by atoms with E-state index in [9.17, 15) is 10.2 Å². The summed E-state index contributed by atoms with van der Waals surface area (Å²) < 4.78 is 6.53. The van der Waals surface area contributed by atoms with Gasteiger partial charge in [-0.05, 0) is 0 Å². The molecule has 0 fully saturated rings. The molecule has 0 bridgehead atoms. The van der Waals surface area contributed by atoms with Crippen LogP contribution in [0, 0.1) is 0 Å². The van der Waals surface area contributed by atoms with E-state index in [0.717, 1.165) is 40.3 Å². The predicted molar refractivity (Wildman–Crippen MR) is 143 cm³/mol. The maximum absolute atomic E-state index is 9.91. The Morgan fingerprint density at radius 1 is 1.42 bits per heavy atom. The first kappa shape index (κ1) is 26.2. The number of nitrogens with one attached hydrogen (secondary N) is 1. The van der Waals surface area contributed by atoms with Crippen molar-refractivity contribution >= 4 is 34.9 Å². The van der Waals surface area contributed by atoms with Crippen LogP contribution in [-0.2, 0) is 6.42 Å². The fraction of sp³-hybridized carbons (Fsp3) is 0.320. The van der Waals surface area contributed by atoms with Crippen molar-refractivity contribution in [1.29, 1.82) is 0 Å². The van der Waals surface area contributed by atoms with E-state index in [4.69, 9.17) is 4.74 Å². The molecule has 8 nitrogen and oxygen atoms in total. The molecule has 3 aromatic rings. The molecule has 0 radical (unpaired) electrons. The van der Waals surface area contributed by atoms with Crippen molar-refractivity contribution < 1.29 is 14.9 Å². The van der Waals surface area contributed by atoms with Gasteiger partial charge in [0.25, 0.3) is 0 Å². The molecule has 3 aromatic heterocycles. The molecule has 0 saturated carbocycles. The number of hydrogen-bond acceptors (Lipinski definition) is 9. The zero-order valence-corrected chi connectivity index (χ0v) is 21.9. The molecule has 0 saturated heterocycles. The number of aromatic amines is 1. The normalized spacial score (nSPS) is 16.4. The number of rotatable bonds is 9. The summed E-state index contributed by atoms with van der Waals surface area (Å²) in [4.78, 5) is 23.5. The Bertz CT molecular complexity index is 1350. The van der Waals surface area contributed by atoms with Gasteiger partial charge in [0, 0.05) is 0 Å². The molecule has 11 heteroatoms. The summed E-state index contributed by atoms with van der Waals surface area (Å²) in [5.41, 5.74) is 3.67. The summed E-state index contributed by atoms with van der Waals surface area (Å²) >= 11 is 2.91. The van der Waals surface area contributed by atoms with Crippen LogP contribution in [0.25, 0.3) is 0 Å². The van der Waals surface area contributed by atoms with E-state index < -0.39 is 6.10 Å². The van der Waals surface area contributed by atoms with Gasteiger partial charge in [-0.25, -0.2) is 0 Å². The van der Waals surface area contributed by atoms with Gasteiger partial charge < -0.3 is 0 Å². The fourth-order valence-electron chi connectivity index (χ4n) is 3.67. The number of fused-ring (bicyclic) bond motifs is 1. The Balaban J connectivity index is 1.72. The van der Waals surface area contributed by atoms with Crippen LogP contribution in [0.5, 0.6) is 5.75 Å². The number of hydrogen-bond donors (Lipinski definition) is 3. The number of H-pyrrole nitrogens is 1. The number of allylic oxidation sites excluding steroid dienone is 4. The Morgan fingerprint density at radius 3 is 3.06 bits per heavy atom. The number of pyridine rings is 1. The standard InChI is InChI=1S/C25H28BN5O3S2/c1-4-5-9-22(15(2)3)35-16-10-21(34-20-8-6-7-18-17(20)12-27-14-29-18)24(28-11-16)31-25-30-23(26-36-25)19(33)13-32/h4-5,9-12,14,19-20,32-33H,1,6-8,13H2,2-3H3,(H,28,30,31)/b9-5-. The van der Waals surface area contributed by atoms with E-state index >= 15 is 0 Å². The molecule has 4 rings (SSSR count). The van der Waals surface area contributed by atoms with E-state index in [2.05, 4.69) is 45.4 Å². The van der Waals surface area contributed by atoms with Crippen molar-refractivity contribution in [1.82, 2.24) is 19.9 Å². The molecule has 186 valence electrons. The SMILES string of the molecule is C=C/C=C\C(Sc1cnc(/N=c2/[nH]c(C(O)CO)bs2)c(OC2CCCc3ncncc32)c1)=C(C)C. The number of aryl methyl sites for hydroxylation is 1. The Labute approximate surface area is 218 Å². The molecule has 0 aromatic carbocycles. The minimum absolute atomic E-state index is 0.200. The van der Waals surface area contributed by atoms with Gasteiger partial charge in [0.15, 0.2) is 0 Å². The number of aliphatic hydroxyl groups excluding tert-OH is 2. The summed E-state index contributed by atoms with van der Waals surface area (Å²) in [6, 6.07) is 1.95. The van der Waals surface area contributed by atoms with Crippen molar-refractivity contribution in [2.24, 2.45) is 4.99 Å². The molecule has 0 spiro atoms. The van der Waals surface area contributed by atoms with E-state index in [-0.39, 0.29) is 12.7 Å². The van der Waals surface area contributed by atoms with Crippen molar-refractivity contribution in [3.63, 3.8) is 0 Å². The van der Waals surface area contributed by atoms with E-state index in [1.165, 1.54) is 16.8 Å². The second kappa shape index (κ2) is 12.4. The van der Waals surface area contributed by atoms with Gasteiger partial charge in [-0.1, -0.05) is 6.58 Å². The third-order valence-electron chi connectivity index (χ3n) is 5.52. The van der Waals surface area contributed by atoms with E-state index in [1.807, 2.05) is 24.4 Å². The van der Waals surface area contributed by atoms with Crippen molar-refractivity contribution in [3.8, 4) is 5.75 Å². The number of ether oxygens (including phenoxy) is 1. The molecule has 2 atom stereocenters. The number of thioether (sulfide) groups is 1. The third kappa shape index (κ3) is 6.47. The molecule has 0 aliphatic heterocycles. The summed E-state index contributed by atoms with van der Waals surface area (Å²) in [6.07, 6.45) is 14.1. The molecular formula is C25H28BN5O3S2. The van der Waals surface area contributed by atoms with Crippen LogP contribution in [0.4, 0.5) is 5.82 Å². The summed E-state index contributed by atoms with van der Waals surface area (Å²) in [5.74, 6) is 0.973. The number of nitrogens with zero attached hydrogens (tertiary/aromatic N) is 4. The van der Waals surface area contributed by atoms with Crippen LogP contribution in [-0.4, -0.2) is 42.9 Å². The molecule has 36 heavy (non-hydrogen) atoms. The zero-order valence-electron chi connectivity index (χ0n) is 20.2. The summed E-state index contributed by atoms with van der Waals surface area (Å²) in [5, 5.41) is 19.1. The second-order valence-corrected chi connectivity index (χ2v) is 10.4. The average Bonchev–Trinajstić information content (AvgIpc) is 3.36. The quantitative estimate of drug-likeness (QED) is 0.282. The molecule has 1 aliphatic rings. The van der Waals surface area contributed by atoms with Gasteiger partial charge in [-0.15, -0.1) is 0 Å². The van der Waals surface area contributed by atoms with Crippen molar-refractivity contribution in [2.75, 3.05) is 6.61 Å². The molecule has 1 aliphatic carbocycles. The van der Waals surface area contributed by atoms with Crippen LogP contribution >= 0.6 is 22.9 Å². The average molecular weight is 521 g/mol. The zero-order chi connectivity index (χ0) is 25.5. The van der Waals surface area contributed by atoms with Crippen LogP contribution in [0.15, 0.2) is 70.0 Å². The van der Waals surface area contributed by atoms with E-state index in [1.54, 1.807) is 36.5 Å². The van der Waals surface area contributed by atoms with Gasteiger partial charge >= 0.3 is 213 Å². The Morgan fingerprint density at radius 2 is 2.28 bits per heavy atom. The minimum atomic E-state index is -0.988. The van der Waals surface area contributed by atoms with Crippen LogP contribution in [0.1, 0.15) is 55.7 Å². The third-order valence-corrected chi connectivity index (χ3v) is 7.53. The molecule has 3 heterocycles. The Hall–Kier alpha value is -2.86. The maximum atomic E-state index is 9.91. The van der Waals surface area contributed by atoms with Gasteiger partial charge in [-0.2, -0.15) is 0 Å². The van der Waals surface area contributed by atoms with E-state index in [0.29, 0.717) is 22.0 Å². The molecule has 0 amide bonds. The molecule has 2 unspecified atom stereocenters. The fourth-order valence-corrected chi connectivity index (χ4v) is 5.32. The van der Waals surface area contributed by atoms with Crippen LogP contribution in [0.2, 0.25) is 0 Å². The first-order valence-electron chi connectivity index (χ1n) is 11.6. The Kier molecular flexibility index (Phi) is 9.03. The van der Waals surface area contributed by atoms with Crippen LogP contribution in [0.3, 0.4) is 0 Å². The predicted octanol–water partition coefficient (Wildman–Crippen LogP) is 4.44. The monoisotopic (exact) mass is 521 g/mol. The van der Waals surface area contributed by atoms with Crippen molar-refractivity contribution in [3.05, 3.63) is 81.7 Å². The van der Waals surface area contributed by atoms with Gasteiger partial charge in [0.05, 0.1) is 0 Å². The molecular weight excluding hydrogens is 493 g/mol. The summed E-state index contributed by atoms with van der Waals surface area (Å²) in [7, 11) is 0. The summed E-state index contributed by atoms with van der Waals surface area (Å²) in [6.45, 7) is 7.51.